The third-order valence-corrected chi connectivity index (χ3v) is 4.65. The molecule has 116 valence electrons. The summed E-state index contributed by atoms with van der Waals surface area (Å²) < 4.78 is 0. The first-order valence-corrected chi connectivity index (χ1v) is 8.75. The molecule has 2 rings (SSSR count). The summed E-state index contributed by atoms with van der Waals surface area (Å²) in [5.74, 6) is 2.40. The standard InChI is InChI=1S/C15H22ClN3OS/c1-12-2-3-13(16)10-14(12)18-15(20)11-17-4-5-19-6-8-21-9-7-19/h2-3,10,17H,4-9,11H2,1H3,(H,18,20). The highest BCUT2D eigenvalue weighted by Crippen LogP contribution is 2.19. The van der Waals surface area contributed by atoms with Crippen LogP contribution in [0.3, 0.4) is 0 Å². The topological polar surface area (TPSA) is 44.4 Å². The molecule has 0 saturated carbocycles. The van der Waals surface area contributed by atoms with Gasteiger partial charge in [-0.3, -0.25) is 4.79 Å². The van der Waals surface area contributed by atoms with Gasteiger partial charge in [0.25, 0.3) is 0 Å². The average molecular weight is 328 g/mol. The minimum Gasteiger partial charge on any atom is -0.325 e. The van der Waals surface area contributed by atoms with Crippen LogP contribution in [0.25, 0.3) is 0 Å². The van der Waals surface area contributed by atoms with Gasteiger partial charge in [-0.1, -0.05) is 17.7 Å². The SMILES string of the molecule is Cc1ccc(Cl)cc1NC(=O)CNCCN1CCSCC1. The third-order valence-electron chi connectivity index (χ3n) is 3.47. The lowest BCUT2D eigenvalue weighted by Crippen LogP contribution is -2.39. The molecule has 1 aromatic rings. The fraction of sp³-hybridized carbons (Fsp3) is 0.533. The second kappa shape index (κ2) is 8.63. The van der Waals surface area contributed by atoms with Crippen molar-refractivity contribution in [3.63, 3.8) is 0 Å². The maximum Gasteiger partial charge on any atom is 0.238 e. The number of anilines is 1. The number of nitrogens with zero attached hydrogens (tertiary/aromatic N) is 1. The number of halogens is 1. The van der Waals surface area contributed by atoms with Crippen molar-refractivity contribution in [2.75, 3.05) is 49.5 Å². The summed E-state index contributed by atoms with van der Waals surface area (Å²) in [6.45, 7) is 6.43. The Morgan fingerprint density at radius 2 is 2.14 bits per heavy atom. The molecule has 0 bridgehead atoms. The van der Waals surface area contributed by atoms with E-state index in [1.54, 1.807) is 6.07 Å². The zero-order valence-electron chi connectivity index (χ0n) is 12.3. The summed E-state index contributed by atoms with van der Waals surface area (Å²) in [5, 5.41) is 6.71. The van der Waals surface area contributed by atoms with Gasteiger partial charge in [0, 0.05) is 48.4 Å². The second-order valence-corrected chi connectivity index (χ2v) is 6.80. The lowest BCUT2D eigenvalue weighted by molar-refractivity contribution is -0.115. The average Bonchev–Trinajstić information content (AvgIpc) is 2.48. The van der Waals surface area contributed by atoms with Gasteiger partial charge in [0.2, 0.25) is 5.91 Å². The number of rotatable bonds is 6. The van der Waals surface area contributed by atoms with Crippen LogP contribution >= 0.6 is 23.4 Å². The van der Waals surface area contributed by atoms with Crippen LogP contribution in [0.2, 0.25) is 5.02 Å². The van der Waals surface area contributed by atoms with Gasteiger partial charge in [0.15, 0.2) is 0 Å². The second-order valence-electron chi connectivity index (χ2n) is 5.14. The minimum atomic E-state index is -0.0328. The summed E-state index contributed by atoms with van der Waals surface area (Å²) in [6.07, 6.45) is 0. The van der Waals surface area contributed by atoms with Crippen molar-refractivity contribution in [3.8, 4) is 0 Å². The molecule has 1 aliphatic heterocycles. The van der Waals surface area contributed by atoms with E-state index in [0.717, 1.165) is 37.4 Å². The van der Waals surface area contributed by atoms with E-state index in [4.69, 9.17) is 11.6 Å². The van der Waals surface area contributed by atoms with E-state index in [1.165, 1.54) is 11.5 Å². The molecule has 1 aromatic carbocycles. The van der Waals surface area contributed by atoms with E-state index in [0.29, 0.717) is 11.6 Å². The highest BCUT2D eigenvalue weighted by molar-refractivity contribution is 7.99. The molecule has 1 saturated heterocycles. The van der Waals surface area contributed by atoms with Crippen LogP contribution in [-0.2, 0) is 4.79 Å². The number of thioether (sulfide) groups is 1. The van der Waals surface area contributed by atoms with E-state index >= 15 is 0 Å². The van der Waals surface area contributed by atoms with E-state index < -0.39 is 0 Å². The minimum absolute atomic E-state index is 0.0328. The van der Waals surface area contributed by atoms with Crippen LogP contribution < -0.4 is 10.6 Å². The number of carbonyl (C=O) groups excluding carboxylic acids is 1. The molecule has 1 amide bonds. The van der Waals surface area contributed by atoms with Crippen molar-refractivity contribution in [2.45, 2.75) is 6.92 Å². The fourth-order valence-electron chi connectivity index (χ4n) is 2.19. The van der Waals surface area contributed by atoms with Crippen LogP contribution in [0.4, 0.5) is 5.69 Å². The van der Waals surface area contributed by atoms with Gasteiger partial charge >= 0.3 is 0 Å². The van der Waals surface area contributed by atoms with Gasteiger partial charge in [0.05, 0.1) is 6.54 Å². The Morgan fingerprint density at radius 3 is 2.90 bits per heavy atom. The van der Waals surface area contributed by atoms with Crippen LogP contribution in [0.1, 0.15) is 5.56 Å². The molecule has 0 aliphatic carbocycles. The molecular formula is C15H22ClN3OS. The summed E-state index contributed by atoms with van der Waals surface area (Å²) >= 11 is 7.95. The molecule has 4 nitrogen and oxygen atoms in total. The zero-order chi connectivity index (χ0) is 15.1. The van der Waals surface area contributed by atoms with Gasteiger partial charge in [0.1, 0.15) is 0 Å². The first-order chi connectivity index (χ1) is 10.1. The van der Waals surface area contributed by atoms with Gasteiger partial charge in [-0.2, -0.15) is 11.8 Å². The number of aryl methyl sites for hydroxylation is 1. The molecule has 0 spiro atoms. The molecule has 21 heavy (non-hydrogen) atoms. The van der Waals surface area contributed by atoms with Crippen LogP contribution in [0.5, 0.6) is 0 Å². The van der Waals surface area contributed by atoms with Crippen molar-refractivity contribution in [2.24, 2.45) is 0 Å². The van der Waals surface area contributed by atoms with Crippen molar-refractivity contribution in [3.05, 3.63) is 28.8 Å². The number of hydrogen-bond acceptors (Lipinski definition) is 4. The Kier molecular flexibility index (Phi) is 6.83. The highest BCUT2D eigenvalue weighted by atomic mass is 35.5. The van der Waals surface area contributed by atoms with Gasteiger partial charge in [-0.25, -0.2) is 0 Å². The number of carbonyl (C=O) groups is 1. The molecule has 0 unspecified atom stereocenters. The molecular weight excluding hydrogens is 306 g/mol. The summed E-state index contributed by atoms with van der Waals surface area (Å²) in [4.78, 5) is 14.3. The van der Waals surface area contributed by atoms with Gasteiger partial charge < -0.3 is 15.5 Å². The number of nitrogens with one attached hydrogen (secondary N) is 2. The Bertz CT molecular complexity index is 478. The van der Waals surface area contributed by atoms with Crippen molar-refractivity contribution in [1.82, 2.24) is 10.2 Å². The fourth-order valence-corrected chi connectivity index (χ4v) is 3.34. The summed E-state index contributed by atoms with van der Waals surface area (Å²) in [6, 6.07) is 5.50. The largest absolute Gasteiger partial charge is 0.325 e. The van der Waals surface area contributed by atoms with Crippen molar-refractivity contribution >= 4 is 35.0 Å². The van der Waals surface area contributed by atoms with E-state index in [9.17, 15) is 4.79 Å². The quantitative estimate of drug-likeness (QED) is 0.786. The first kappa shape index (κ1) is 16.6. The van der Waals surface area contributed by atoms with E-state index in [1.807, 2.05) is 30.8 Å². The van der Waals surface area contributed by atoms with E-state index in [2.05, 4.69) is 15.5 Å². The summed E-state index contributed by atoms with van der Waals surface area (Å²) in [7, 11) is 0. The maximum atomic E-state index is 11.9. The van der Waals surface area contributed by atoms with Gasteiger partial charge in [-0.15, -0.1) is 0 Å². The predicted molar refractivity (Wildman–Crippen MR) is 91.5 cm³/mol. The summed E-state index contributed by atoms with van der Waals surface area (Å²) in [5.41, 5.74) is 1.79. The van der Waals surface area contributed by atoms with Crippen molar-refractivity contribution in [1.29, 1.82) is 0 Å². The first-order valence-electron chi connectivity index (χ1n) is 7.22. The molecule has 0 atom stereocenters. The molecule has 1 fully saturated rings. The van der Waals surface area contributed by atoms with Gasteiger partial charge in [-0.05, 0) is 24.6 Å². The smallest absolute Gasteiger partial charge is 0.238 e. The Labute approximate surface area is 135 Å². The lowest BCUT2D eigenvalue weighted by Gasteiger charge is -2.26. The molecule has 1 heterocycles. The Balaban J connectivity index is 1.66. The third kappa shape index (κ3) is 5.87. The number of hydrogen-bond donors (Lipinski definition) is 2. The predicted octanol–water partition coefficient (Wildman–Crippen LogP) is 2.23. The Morgan fingerprint density at radius 1 is 1.38 bits per heavy atom. The molecule has 0 radical (unpaired) electrons. The number of amides is 1. The zero-order valence-corrected chi connectivity index (χ0v) is 13.9. The number of benzene rings is 1. The Hall–Kier alpha value is -0.750. The normalized spacial score (nSPS) is 15.9. The van der Waals surface area contributed by atoms with E-state index in [-0.39, 0.29) is 5.91 Å². The van der Waals surface area contributed by atoms with Crippen LogP contribution in [0, 0.1) is 6.92 Å². The maximum absolute atomic E-state index is 11.9. The lowest BCUT2D eigenvalue weighted by atomic mass is 10.2. The molecule has 1 aliphatic rings. The van der Waals surface area contributed by atoms with Crippen LogP contribution in [0.15, 0.2) is 18.2 Å². The molecule has 2 N–H and O–H groups in total. The molecule has 6 heteroatoms. The van der Waals surface area contributed by atoms with Crippen molar-refractivity contribution < 1.29 is 4.79 Å². The molecule has 0 aromatic heterocycles. The highest BCUT2D eigenvalue weighted by Gasteiger charge is 2.10. The van der Waals surface area contributed by atoms with Crippen LogP contribution in [-0.4, -0.2) is 55.0 Å². The monoisotopic (exact) mass is 327 g/mol.